The molecular formula is C17H27N5O2. The first-order chi connectivity index (χ1) is 11.5. The SMILES string of the molecule is CN=C(NCc1ccc([N+](=O)[O-])cc1)N1CCN(CC(C)C)CC1. The van der Waals surface area contributed by atoms with Gasteiger partial charge in [0.2, 0.25) is 0 Å². The fourth-order valence-electron chi connectivity index (χ4n) is 2.91. The molecule has 0 aromatic heterocycles. The molecule has 24 heavy (non-hydrogen) atoms. The van der Waals surface area contributed by atoms with Crippen molar-refractivity contribution in [2.24, 2.45) is 10.9 Å². The van der Waals surface area contributed by atoms with Crippen LogP contribution in [0.1, 0.15) is 19.4 Å². The standard InChI is InChI=1S/C17H27N5O2/c1-14(2)13-20-8-10-21(11-9-20)17(18-3)19-12-15-4-6-16(7-5-15)22(23)24/h4-7,14H,8-13H2,1-3H3,(H,18,19). The van der Waals surface area contributed by atoms with Crippen LogP contribution in [0.2, 0.25) is 0 Å². The number of hydrogen-bond donors (Lipinski definition) is 1. The van der Waals surface area contributed by atoms with E-state index in [1.165, 1.54) is 12.1 Å². The first-order valence-corrected chi connectivity index (χ1v) is 8.41. The highest BCUT2D eigenvalue weighted by molar-refractivity contribution is 5.80. The van der Waals surface area contributed by atoms with Gasteiger partial charge >= 0.3 is 0 Å². The Bertz CT molecular complexity index is 563. The Morgan fingerprint density at radius 1 is 1.25 bits per heavy atom. The number of nitrogens with one attached hydrogen (secondary N) is 1. The van der Waals surface area contributed by atoms with E-state index in [9.17, 15) is 10.1 Å². The number of rotatable bonds is 5. The van der Waals surface area contributed by atoms with Crippen molar-refractivity contribution in [2.45, 2.75) is 20.4 Å². The average molecular weight is 333 g/mol. The van der Waals surface area contributed by atoms with Crippen molar-refractivity contribution >= 4 is 11.6 Å². The van der Waals surface area contributed by atoms with Crippen molar-refractivity contribution in [3.63, 3.8) is 0 Å². The van der Waals surface area contributed by atoms with E-state index >= 15 is 0 Å². The van der Waals surface area contributed by atoms with Crippen LogP contribution >= 0.6 is 0 Å². The third kappa shape index (κ3) is 5.19. The number of aliphatic imine (C=N–C) groups is 1. The van der Waals surface area contributed by atoms with Gasteiger partial charge in [0.1, 0.15) is 0 Å². The van der Waals surface area contributed by atoms with Gasteiger partial charge < -0.3 is 10.2 Å². The van der Waals surface area contributed by atoms with Gasteiger partial charge in [0, 0.05) is 58.4 Å². The molecule has 0 spiro atoms. The highest BCUT2D eigenvalue weighted by atomic mass is 16.6. The van der Waals surface area contributed by atoms with E-state index < -0.39 is 0 Å². The molecule has 2 rings (SSSR count). The highest BCUT2D eigenvalue weighted by Crippen LogP contribution is 2.12. The van der Waals surface area contributed by atoms with Crippen molar-refractivity contribution in [2.75, 3.05) is 39.8 Å². The number of non-ortho nitro benzene ring substituents is 1. The van der Waals surface area contributed by atoms with Crippen LogP contribution in [-0.4, -0.2) is 60.5 Å². The molecule has 0 atom stereocenters. The smallest absolute Gasteiger partial charge is 0.269 e. The van der Waals surface area contributed by atoms with Crippen LogP contribution < -0.4 is 5.32 Å². The number of hydrogen-bond acceptors (Lipinski definition) is 4. The van der Waals surface area contributed by atoms with Gasteiger partial charge in [-0.1, -0.05) is 26.0 Å². The van der Waals surface area contributed by atoms with Gasteiger partial charge in [-0.2, -0.15) is 0 Å². The van der Waals surface area contributed by atoms with Gasteiger partial charge in [0.05, 0.1) is 4.92 Å². The third-order valence-electron chi connectivity index (χ3n) is 4.10. The second-order valence-corrected chi connectivity index (χ2v) is 6.51. The van der Waals surface area contributed by atoms with Crippen molar-refractivity contribution in [1.82, 2.24) is 15.1 Å². The fraction of sp³-hybridized carbons (Fsp3) is 0.588. The van der Waals surface area contributed by atoms with Crippen LogP contribution in [0.5, 0.6) is 0 Å². The highest BCUT2D eigenvalue weighted by Gasteiger charge is 2.19. The monoisotopic (exact) mass is 333 g/mol. The van der Waals surface area contributed by atoms with Gasteiger partial charge in [-0.15, -0.1) is 0 Å². The molecule has 0 amide bonds. The molecule has 1 aromatic carbocycles. The molecular weight excluding hydrogens is 306 g/mol. The van der Waals surface area contributed by atoms with E-state index in [1.807, 2.05) is 0 Å². The quantitative estimate of drug-likeness (QED) is 0.386. The van der Waals surface area contributed by atoms with E-state index in [0.717, 1.165) is 44.2 Å². The summed E-state index contributed by atoms with van der Waals surface area (Å²) in [4.78, 5) is 19.4. The lowest BCUT2D eigenvalue weighted by molar-refractivity contribution is -0.384. The summed E-state index contributed by atoms with van der Waals surface area (Å²) in [6, 6.07) is 6.62. The van der Waals surface area contributed by atoms with Crippen LogP contribution in [0.3, 0.4) is 0 Å². The zero-order valence-corrected chi connectivity index (χ0v) is 14.7. The maximum Gasteiger partial charge on any atom is 0.269 e. The Balaban J connectivity index is 1.83. The van der Waals surface area contributed by atoms with Crippen LogP contribution in [0.15, 0.2) is 29.3 Å². The van der Waals surface area contributed by atoms with Gasteiger partial charge in [0.15, 0.2) is 5.96 Å². The van der Waals surface area contributed by atoms with Gasteiger partial charge in [-0.3, -0.25) is 20.0 Å². The molecule has 1 aromatic rings. The maximum atomic E-state index is 10.7. The number of piperazine rings is 1. The Morgan fingerprint density at radius 2 is 1.88 bits per heavy atom. The van der Waals surface area contributed by atoms with E-state index in [0.29, 0.717) is 12.5 Å². The maximum absolute atomic E-state index is 10.7. The van der Waals surface area contributed by atoms with Crippen molar-refractivity contribution in [3.05, 3.63) is 39.9 Å². The van der Waals surface area contributed by atoms with E-state index in [4.69, 9.17) is 0 Å². The molecule has 0 radical (unpaired) electrons. The zero-order valence-electron chi connectivity index (χ0n) is 14.7. The predicted molar refractivity (Wildman–Crippen MR) is 96.1 cm³/mol. The summed E-state index contributed by atoms with van der Waals surface area (Å²) in [6.45, 7) is 10.3. The van der Waals surface area contributed by atoms with Gasteiger partial charge in [0.25, 0.3) is 5.69 Å². The van der Waals surface area contributed by atoms with Crippen molar-refractivity contribution < 1.29 is 4.92 Å². The normalized spacial score (nSPS) is 16.5. The molecule has 1 aliphatic rings. The van der Waals surface area contributed by atoms with E-state index in [2.05, 4.69) is 34.0 Å². The van der Waals surface area contributed by atoms with Crippen LogP contribution in [0, 0.1) is 16.0 Å². The van der Waals surface area contributed by atoms with Crippen LogP contribution in [-0.2, 0) is 6.54 Å². The molecule has 7 heteroatoms. The molecule has 0 unspecified atom stereocenters. The lowest BCUT2D eigenvalue weighted by atomic mass is 10.2. The summed E-state index contributed by atoms with van der Waals surface area (Å²) >= 11 is 0. The third-order valence-corrected chi connectivity index (χ3v) is 4.10. The molecule has 1 saturated heterocycles. The molecule has 0 saturated carbocycles. The molecule has 0 bridgehead atoms. The zero-order chi connectivity index (χ0) is 17.5. The topological polar surface area (TPSA) is 74.0 Å². The predicted octanol–water partition coefficient (Wildman–Crippen LogP) is 1.94. The lowest BCUT2D eigenvalue weighted by Crippen LogP contribution is -2.52. The van der Waals surface area contributed by atoms with Crippen molar-refractivity contribution in [1.29, 1.82) is 0 Å². The minimum absolute atomic E-state index is 0.115. The summed E-state index contributed by atoms with van der Waals surface area (Å²) in [5.74, 6) is 1.58. The molecule has 1 heterocycles. The summed E-state index contributed by atoms with van der Waals surface area (Å²) in [5, 5.41) is 14.0. The number of guanidine groups is 1. The number of nitro benzene ring substituents is 1. The second-order valence-electron chi connectivity index (χ2n) is 6.51. The average Bonchev–Trinajstić information content (AvgIpc) is 2.56. The molecule has 1 aliphatic heterocycles. The number of benzene rings is 1. The summed E-state index contributed by atoms with van der Waals surface area (Å²) in [5.41, 5.74) is 1.12. The van der Waals surface area contributed by atoms with E-state index in [1.54, 1.807) is 19.2 Å². The Labute approximate surface area is 143 Å². The first kappa shape index (κ1) is 18.2. The Hall–Kier alpha value is -2.15. The first-order valence-electron chi connectivity index (χ1n) is 8.41. The van der Waals surface area contributed by atoms with Crippen molar-refractivity contribution in [3.8, 4) is 0 Å². The fourth-order valence-corrected chi connectivity index (χ4v) is 2.91. The second kappa shape index (κ2) is 8.63. The van der Waals surface area contributed by atoms with Gasteiger partial charge in [-0.05, 0) is 11.5 Å². The van der Waals surface area contributed by atoms with Crippen LogP contribution in [0.25, 0.3) is 0 Å². The summed E-state index contributed by atoms with van der Waals surface area (Å²) in [6.07, 6.45) is 0. The van der Waals surface area contributed by atoms with Crippen LogP contribution in [0.4, 0.5) is 5.69 Å². The molecule has 0 aliphatic carbocycles. The largest absolute Gasteiger partial charge is 0.352 e. The number of nitro groups is 1. The Kier molecular flexibility index (Phi) is 6.54. The number of nitrogens with zero attached hydrogens (tertiary/aromatic N) is 4. The minimum atomic E-state index is -0.382. The summed E-state index contributed by atoms with van der Waals surface area (Å²) in [7, 11) is 1.79. The summed E-state index contributed by atoms with van der Waals surface area (Å²) < 4.78 is 0. The molecule has 7 nitrogen and oxygen atoms in total. The molecule has 1 fully saturated rings. The van der Waals surface area contributed by atoms with E-state index in [-0.39, 0.29) is 10.6 Å². The Morgan fingerprint density at radius 3 is 2.38 bits per heavy atom. The minimum Gasteiger partial charge on any atom is -0.352 e. The molecule has 132 valence electrons. The van der Waals surface area contributed by atoms with Gasteiger partial charge in [-0.25, -0.2) is 0 Å². The molecule has 1 N–H and O–H groups in total. The lowest BCUT2D eigenvalue weighted by Gasteiger charge is -2.37.